The lowest BCUT2D eigenvalue weighted by Crippen LogP contribution is -2.73. The SMILES string of the molecule is CN(C(=O)Cc1ccccc1)C1C(O[C@@H]2OC(COS(=O)(=O)[O-])C(NC(=O)Cc3ccccc3)[C@H](OS(=O)(=O)[O-])[C@H]2OS(=O)(=O)[O-])OC2C[C@@H](NC(=O)Cc3ccccc3)[C@@H](OC3C(NC(=O)Cc4ccccc4)C[C@@H](NC(=O)Cc4ccccc4)[C@H](OS(=O)(=O)[O-])[C@H]3OS(=O)(=O)[O-])OC2C1OS(=O)(=O)[O-]. The van der Waals surface area contributed by atoms with Crippen LogP contribution in [-0.2, 0) is 167 Å². The zero-order chi connectivity index (χ0) is 77.1. The molecule has 4 aliphatic rings. The lowest BCUT2D eigenvalue weighted by molar-refractivity contribution is -0.375. The van der Waals surface area contributed by atoms with E-state index in [1.807, 2.05) is 0 Å². The third-order valence-corrected chi connectivity index (χ3v) is 19.4. The van der Waals surface area contributed by atoms with Crippen LogP contribution in [0.5, 0.6) is 0 Å². The summed E-state index contributed by atoms with van der Waals surface area (Å²) in [7, 11) is -36.4. The molecule has 0 radical (unpaired) electrons. The first-order chi connectivity index (χ1) is 49.7. The quantitative estimate of drug-likeness (QED) is 0.0247. The topological polar surface area (TPSA) is 581 Å². The predicted molar refractivity (Wildman–Crippen MR) is 345 cm³/mol. The number of benzene rings is 5. The van der Waals surface area contributed by atoms with Gasteiger partial charge in [-0.2, -0.15) is 0 Å². The molecule has 1 aliphatic carbocycles. The Bertz CT molecular complexity index is 4590. The molecule has 1 saturated carbocycles. The number of fused-ring (bicyclic) bond motifs is 1. The van der Waals surface area contributed by atoms with E-state index in [9.17, 15) is 102 Å². The minimum absolute atomic E-state index is 0.191. The van der Waals surface area contributed by atoms with Crippen LogP contribution >= 0.6 is 0 Å². The van der Waals surface area contributed by atoms with Gasteiger partial charge in [0.15, 0.2) is 25.0 Å². The van der Waals surface area contributed by atoms with Gasteiger partial charge in [0.25, 0.3) is 0 Å². The van der Waals surface area contributed by atoms with Crippen LogP contribution in [0.2, 0.25) is 0 Å². The summed E-state index contributed by atoms with van der Waals surface area (Å²) in [4.78, 5) is 71.7. The van der Waals surface area contributed by atoms with Gasteiger partial charge in [-0.25, -0.2) is 50.5 Å². The maximum absolute atomic E-state index is 14.8. The summed E-state index contributed by atoms with van der Waals surface area (Å²) < 4.78 is 291. The highest BCUT2D eigenvalue weighted by molar-refractivity contribution is 7.82. The number of nitrogens with zero attached hydrogens (tertiary/aromatic N) is 1. The molecule has 9 rings (SSSR count). The Hall–Kier alpha value is -7.53. The summed E-state index contributed by atoms with van der Waals surface area (Å²) in [5.41, 5.74) is 1.36. The van der Waals surface area contributed by atoms with Gasteiger partial charge in [-0.1, -0.05) is 152 Å². The number of amides is 5. The summed E-state index contributed by atoms with van der Waals surface area (Å²) in [5, 5.41) is 9.65. The van der Waals surface area contributed by atoms with Crippen molar-refractivity contribution in [3.8, 4) is 0 Å². The predicted octanol–water partition coefficient (Wildman–Crippen LogP) is -2.96. The average molecular weight is 1600 g/mol. The largest absolute Gasteiger partial charge is 0.726 e. The van der Waals surface area contributed by atoms with Gasteiger partial charge in [0, 0.05) is 13.5 Å². The molecule has 17 atom stereocenters. The van der Waals surface area contributed by atoms with Crippen LogP contribution in [0.1, 0.15) is 40.7 Å². The fourth-order valence-electron chi connectivity index (χ4n) is 12.5. The maximum atomic E-state index is 14.8. The second kappa shape index (κ2) is 35.2. The van der Waals surface area contributed by atoms with Gasteiger partial charge >= 0.3 is 0 Å². The Morgan fingerprint density at radius 3 is 1.18 bits per heavy atom. The molecule has 45 heteroatoms. The molecule has 5 aromatic rings. The zero-order valence-corrected chi connectivity index (χ0v) is 59.6. The van der Waals surface area contributed by atoms with Crippen molar-refractivity contribution in [3.63, 3.8) is 0 Å². The Balaban J connectivity index is 1.19. The van der Waals surface area contributed by atoms with Crippen LogP contribution in [-0.4, -0.2) is 230 Å². The molecular weight excluding hydrogens is 1540 g/mol. The van der Waals surface area contributed by atoms with Gasteiger partial charge in [0.2, 0.25) is 91.9 Å². The normalized spacial score (nSPS) is 27.3. The van der Waals surface area contributed by atoms with E-state index in [1.54, 1.807) is 42.5 Å². The molecule has 5 amide bonds. The van der Waals surface area contributed by atoms with E-state index in [4.69, 9.17) is 44.6 Å². The van der Waals surface area contributed by atoms with Crippen molar-refractivity contribution in [1.29, 1.82) is 0 Å². The van der Waals surface area contributed by atoms with E-state index >= 15 is 0 Å². The number of carbonyl (C=O) groups is 5. The molecule has 4 fully saturated rings. The molecule has 3 saturated heterocycles. The van der Waals surface area contributed by atoms with Crippen LogP contribution in [0.4, 0.5) is 0 Å². The fourth-order valence-corrected chi connectivity index (χ4v) is 15.2. The minimum Gasteiger partial charge on any atom is -0.726 e. The Morgan fingerprint density at radius 1 is 0.387 bits per heavy atom. The van der Waals surface area contributed by atoms with E-state index in [1.165, 1.54) is 109 Å². The molecule has 106 heavy (non-hydrogen) atoms. The van der Waals surface area contributed by atoms with E-state index in [0.717, 1.165) is 7.05 Å². The highest BCUT2D eigenvalue weighted by atomic mass is 32.3. The molecule has 0 bridgehead atoms. The van der Waals surface area contributed by atoms with Gasteiger partial charge in [0.05, 0.1) is 69.0 Å². The monoisotopic (exact) mass is 1600 g/mol. The number of nitrogens with one attached hydrogen (secondary N) is 4. The van der Waals surface area contributed by atoms with Crippen LogP contribution in [0.3, 0.4) is 0 Å². The van der Waals surface area contributed by atoms with Crippen molar-refractivity contribution in [3.05, 3.63) is 179 Å². The Morgan fingerprint density at radius 2 is 0.755 bits per heavy atom. The number of likely N-dealkylation sites (N-methyl/N-ethyl adjacent to an activating group) is 1. The molecule has 39 nitrogen and oxygen atoms in total. The second-order valence-electron chi connectivity index (χ2n) is 24.2. The van der Waals surface area contributed by atoms with E-state index < -0.39 is 247 Å². The third-order valence-electron chi connectivity index (χ3n) is 16.6. The third kappa shape index (κ3) is 25.0. The first-order valence-corrected chi connectivity index (χ1v) is 39.4. The van der Waals surface area contributed by atoms with Crippen LogP contribution in [0.25, 0.3) is 0 Å². The smallest absolute Gasteiger partial charge is 0.227 e. The highest BCUT2D eigenvalue weighted by Crippen LogP contribution is 2.42. The van der Waals surface area contributed by atoms with E-state index in [0.29, 0.717) is 21.6 Å². The molecule has 4 N–H and O–H groups in total. The van der Waals surface area contributed by atoms with Crippen LogP contribution in [0.15, 0.2) is 152 Å². The summed E-state index contributed by atoms with van der Waals surface area (Å²) in [5.74, 6) is -5.25. The molecular formula is C61H65N5O34S6-6. The number of hydrogen-bond acceptors (Lipinski definition) is 34. The molecule has 0 aromatic heterocycles. The molecule has 5 aromatic carbocycles. The number of carbonyl (C=O) groups excluding carboxylic acids is 5. The number of hydrogen-bond donors (Lipinski definition) is 4. The lowest BCUT2D eigenvalue weighted by Gasteiger charge is -2.54. The van der Waals surface area contributed by atoms with Crippen molar-refractivity contribution < 1.29 is 151 Å². The van der Waals surface area contributed by atoms with Crippen molar-refractivity contribution in [1.82, 2.24) is 26.2 Å². The molecule has 0 spiro atoms. The summed E-state index contributed by atoms with van der Waals surface area (Å²) >= 11 is 0. The van der Waals surface area contributed by atoms with Gasteiger partial charge in [-0.15, -0.1) is 0 Å². The molecule has 3 heterocycles. The van der Waals surface area contributed by atoms with Gasteiger partial charge in [-0.05, 0) is 34.2 Å². The highest BCUT2D eigenvalue weighted by Gasteiger charge is 2.60. The Labute approximate surface area is 607 Å². The molecule has 3 aliphatic heterocycles. The van der Waals surface area contributed by atoms with Crippen molar-refractivity contribution in [2.75, 3.05) is 13.7 Å². The van der Waals surface area contributed by atoms with E-state index in [2.05, 4.69) is 25.5 Å². The summed E-state index contributed by atoms with van der Waals surface area (Å²) in [6.07, 6.45) is -36.7. The van der Waals surface area contributed by atoms with Crippen molar-refractivity contribution in [2.24, 2.45) is 0 Å². The standard InChI is InChI=1S/C61H71N5O34S6/c1-66(49(71)31-39-25-15-6-16-26-39)51-56(98-104(81,82)83)54-43(91-60(51)95-61-58(100-106(87,88)89)55(97-103(78,79)80)50(44(92-61)34-90-101(72,73)74)65-48(70)30-38-23-13-5-14-24-38)33-42(64-47(69)29-37-21-11-4-12-22-37)59(94-54)93-52-40(62-45(67)27-35-17-7-2-8-18-35)32-41(63-46(68)28-36-19-9-3-10-20-36)53(96-102(75,76)77)57(52)99-105(84,85)86/h2-26,40-44,50-61H,27-34H2,1H3,(H,62,67)(H,63,68)(H,64,69)(H,65,70)(H,72,73,74)(H,75,76,77)(H,78,79,80)(H,81,82,83)(H,84,85,86)(H,87,88,89)/p-6/t40?,41-,42-,43?,44?,50?,51?,52?,53+,54?,55+,56?,57+,58-,59+,60?,61+/m1/s1. The van der Waals surface area contributed by atoms with Crippen molar-refractivity contribution >= 4 is 91.9 Å². The maximum Gasteiger partial charge on any atom is 0.227 e. The minimum atomic E-state index is -6.36. The first-order valence-electron chi connectivity index (χ1n) is 31.4. The van der Waals surface area contributed by atoms with Crippen molar-refractivity contribution in [2.45, 2.75) is 149 Å². The number of ether oxygens (including phenoxy) is 5. The lowest BCUT2D eigenvalue weighted by atomic mass is 9.83. The van der Waals surface area contributed by atoms with Crippen LogP contribution < -0.4 is 21.3 Å². The summed E-state index contributed by atoms with van der Waals surface area (Å²) in [6.45, 7) is -1.67. The first kappa shape index (κ1) is 82.5. The second-order valence-corrected chi connectivity index (χ2v) is 30.3. The fraction of sp³-hybridized carbons (Fsp3) is 0.426. The average Bonchev–Trinajstić information content (AvgIpc) is 0.747. The van der Waals surface area contributed by atoms with Gasteiger partial charge < -0.3 is 77.2 Å². The van der Waals surface area contributed by atoms with Gasteiger partial charge in [-0.3, -0.25) is 49.1 Å². The zero-order valence-electron chi connectivity index (χ0n) is 54.7. The Kier molecular flexibility index (Phi) is 27.4. The molecule has 580 valence electrons. The number of rotatable bonds is 32. The summed E-state index contributed by atoms with van der Waals surface area (Å²) in [6, 6.07) is 26.6. The van der Waals surface area contributed by atoms with Crippen LogP contribution in [0, 0.1) is 0 Å². The van der Waals surface area contributed by atoms with E-state index in [-0.39, 0.29) is 11.1 Å². The van der Waals surface area contributed by atoms with Gasteiger partial charge in [0.1, 0.15) is 48.8 Å². The molecule has 9 unspecified atom stereocenters.